The minimum Gasteiger partial charge on any atom is -0.471 e. The smallest absolute Gasteiger partial charge is 0.272 e. The number of likely N-dealkylation sites (tertiary alicyclic amines) is 1. The lowest BCUT2D eigenvalue weighted by Crippen LogP contribution is -2.32. The minimum absolute atomic E-state index is 0.0395. The number of carbonyl (C=O) groups excluding carboxylic acids is 1. The summed E-state index contributed by atoms with van der Waals surface area (Å²) in [4.78, 5) is 16.7. The highest BCUT2D eigenvalue weighted by atomic mass is 16.5. The van der Waals surface area contributed by atoms with Crippen molar-refractivity contribution in [1.29, 1.82) is 0 Å². The largest absolute Gasteiger partial charge is 0.471 e. The number of nitrogens with zero attached hydrogens (tertiary/aromatic N) is 6. The lowest BCUT2D eigenvalue weighted by atomic mass is 10.1. The van der Waals surface area contributed by atoms with Gasteiger partial charge in [-0.2, -0.15) is 5.10 Å². The van der Waals surface area contributed by atoms with Crippen LogP contribution in [-0.4, -0.2) is 64.1 Å². The Morgan fingerprint density at radius 2 is 1.93 bits per heavy atom. The van der Waals surface area contributed by atoms with E-state index in [9.17, 15) is 4.79 Å². The van der Waals surface area contributed by atoms with E-state index in [1.165, 1.54) is 0 Å². The molecule has 0 saturated carbocycles. The van der Waals surface area contributed by atoms with E-state index in [4.69, 9.17) is 4.74 Å². The van der Waals surface area contributed by atoms with Gasteiger partial charge in [-0.3, -0.25) is 9.48 Å². The quantitative estimate of drug-likeness (QED) is 0.663. The van der Waals surface area contributed by atoms with Gasteiger partial charge in [0, 0.05) is 45.7 Å². The molecule has 3 heterocycles. The third-order valence-electron chi connectivity index (χ3n) is 4.97. The number of amides is 1. The minimum atomic E-state index is -0.0970. The third kappa shape index (κ3) is 4.06. The van der Waals surface area contributed by atoms with Gasteiger partial charge in [0.25, 0.3) is 5.91 Å². The summed E-state index contributed by atoms with van der Waals surface area (Å²) >= 11 is 0. The molecule has 0 radical (unpaired) electrons. The van der Waals surface area contributed by atoms with Crippen molar-refractivity contribution >= 4 is 11.7 Å². The van der Waals surface area contributed by atoms with Crippen LogP contribution in [0, 0.1) is 0 Å². The van der Waals surface area contributed by atoms with E-state index in [2.05, 4.69) is 15.3 Å². The van der Waals surface area contributed by atoms with Crippen molar-refractivity contribution < 1.29 is 9.53 Å². The fourth-order valence-electron chi connectivity index (χ4n) is 3.37. The molecule has 1 amide bonds. The molecule has 1 aromatic carbocycles. The number of ether oxygens (including phenoxy) is 1. The number of aryl methyl sites for hydroxylation is 1. The van der Waals surface area contributed by atoms with Gasteiger partial charge in [0.15, 0.2) is 5.82 Å². The van der Waals surface area contributed by atoms with Crippen molar-refractivity contribution in [3.05, 3.63) is 54.2 Å². The zero-order chi connectivity index (χ0) is 20.4. The van der Waals surface area contributed by atoms with Crippen LogP contribution in [0.15, 0.2) is 48.5 Å². The van der Waals surface area contributed by atoms with E-state index in [-0.39, 0.29) is 12.0 Å². The summed E-state index contributed by atoms with van der Waals surface area (Å²) in [6.45, 7) is 1.15. The molecule has 8 nitrogen and oxygen atoms in total. The second-order valence-corrected chi connectivity index (χ2v) is 7.31. The number of anilines is 1. The predicted octanol–water partition coefficient (Wildman–Crippen LogP) is 2.24. The van der Waals surface area contributed by atoms with Crippen molar-refractivity contribution in [2.45, 2.75) is 12.5 Å². The molecule has 0 spiro atoms. The highest BCUT2D eigenvalue weighted by Crippen LogP contribution is 2.22. The molecule has 8 heteroatoms. The molecule has 1 aliphatic rings. The summed E-state index contributed by atoms with van der Waals surface area (Å²) in [5.74, 6) is 1.20. The SMILES string of the molecule is CN(C)c1ccc(OC2CCN(C(=O)c3cc(-c4ccccc4)nn3C)C2)nn1. The molecule has 2 aromatic heterocycles. The number of aromatic nitrogens is 4. The van der Waals surface area contributed by atoms with E-state index < -0.39 is 0 Å². The van der Waals surface area contributed by atoms with Gasteiger partial charge in [0.1, 0.15) is 11.8 Å². The van der Waals surface area contributed by atoms with Crippen LogP contribution in [0.2, 0.25) is 0 Å². The molecule has 1 saturated heterocycles. The van der Waals surface area contributed by atoms with Crippen LogP contribution in [0.5, 0.6) is 5.88 Å². The third-order valence-corrected chi connectivity index (χ3v) is 4.97. The molecule has 0 aliphatic carbocycles. The molecule has 1 atom stereocenters. The molecule has 0 N–H and O–H groups in total. The van der Waals surface area contributed by atoms with Crippen LogP contribution >= 0.6 is 0 Å². The lowest BCUT2D eigenvalue weighted by molar-refractivity contribution is 0.0760. The zero-order valence-corrected chi connectivity index (χ0v) is 16.8. The summed E-state index contributed by atoms with van der Waals surface area (Å²) in [5, 5.41) is 12.7. The molecule has 4 rings (SSSR count). The van der Waals surface area contributed by atoms with E-state index in [1.54, 1.807) is 22.7 Å². The zero-order valence-electron chi connectivity index (χ0n) is 16.8. The normalized spacial score (nSPS) is 16.1. The van der Waals surface area contributed by atoms with Gasteiger partial charge in [0.05, 0.1) is 12.2 Å². The number of hydrogen-bond acceptors (Lipinski definition) is 6. The summed E-state index contributed by atoms with van der Waals surface area (Å²) in [6.07, 6.45) is 0.659. The van der Waals surface area contributed by atoms with Crippen molar-refractivity contribution in [2.24, 2.45) is 7.05 Å². The maximum Gasteiger partial charge on any atom is 0.272 e. The molecule has 150 valence electrons. The Balaban J connectivity index is 1.41. The number of benzene rings is 1. The van der Waals surface area contributed by atoms with Crippen LogP contribution < -0.4 is 9.64 Å². The van der Waals surface area contributed by atoms with Crippen molar-refractivity contribution in [1.82, 2.24) is 24.9 Å². The van der Waals surface area contributed by atoms with Gasteiger partial charge < -0.3 is 14.5 Å². The van der Waals surface area contributed by atoms with Crippen LogP contribution in [-0.2, 0) is 7.05 Å². The fourth-order valence-corrected chi connectivity index (χ4v) is 3.37. The van der Waals surface area contributed by atoms with Crippen molar-refractivity contribution in [3.63, 3.8) is 0 Å². The fraction of sp³-hybridized carbons (Fsp3) is 0.333. The Bertz CT molecular complexity index is 984. The van der Waals surface area contributed by atoms with Gasteiger partial charge >= 0.3 is 0 Å². The Morgan fingerprint density at radius 3 is 2.62 bits per heavy atom. The molecule has 0 bridgehead atoms. The summed E-state index contributed by atoms with van der Waals surface area (Å²) in [7, 11) is 5.62. The van der Waals surface area contributed by atoms with Crippen molar-refractivity contribution in [3.8, 4) is 17.1 Å². The van der Waals surface area contributed by atoms with Gasteiger partial charge in [0.2, 0.25) is 5.88 Å². The molecule has 1 unspecified atom stereocenters. The van der Waals surface area contributed by atoms with E-state index in [1.807, 2.05) is 61.5 Å². The Morgan fingerprint density at radius 1 is 1.14 bits per heavy atom. The van der Waals surface area contributed by atoms with Crippen LogP contribution in [0.4, 0.5) is 5.82 Å². The lowest BCUT2D eigenvalue weighted by Gasteiger charge is -2.17. The molecule has 29 heavy (non-hydrogen) atoms. The summed E-state index contributed by atoms with van der Waals surface area (Å²) in [6, 6.07) is 15.4. The number of hydrogen-bond donors (Lipinski definition) is 0. The average molecular weight is 392 g/mol. The Labute approximate surface area is 169 Å². The van der Waals surface area contributed by atoms with E-state index in [0.717, 1.165) is 23.5 Å². The van der Waals surface area contributed by atoms with Gasteiger partial charge in [-0.1, -0.05) is 30.3 Å². The second-order valence-electron chi connectivity index (χ2n) is 7.31. The first-order valence-corrected chi connectivity index (χ1v) is 9.57. The van der Waals surface area contributed by atoms with Gasteiger partial charge in [-0.15, -0.1) is 10.2 Å². The van der Waals surface area contributed by atoms with E-state index in [0.29, 0.717) is 24.7 Å². The first kappa shape index (κ1) is 18.9. The van der Waals surface area contributed by atoms with Crippen LogP contribution in [0.25, 0.3) is 11.3 Å². The second kappa shape index (κ2) is 7.90. The highest BCUT2D eigenvalue weighted by molar-refractivity contribution is 5.94. The van der Waals surface area contributed by atoms with Crippen molar-refractivity contribution in [2.75, 3.05) is 32.1 Å². The highest BCUT2D eigenvalue weighted by Gasteiger charge is 2.30. The Kier molecular flexibility index (Phi) is 5.16. The summed E-state index contributed by atoms with van der Waals surface area (Å²) in [5.41, 5.74) is 2.35. The first-order valence-electron chi connectivity index (χ1n) is 9.57. The standard InChI is InChI=1S/C21H24N6O2/c1-25(2)19-9-10-20(23-22-19)29-16-11-12-27(14-16)21(28)18-13-17(24-26(18)3)15-7-5-4-6-8-15/h4-10,13,16H,11-12,14H2,1-3H3. The van der Waals surface area contributed by atoms with Gasteiger partial charge in [-0.25, -0.2) is 0 Å². The molecule has 1 fully saturated rings. The van der Waals surface area contributed by atoms with Crippen LogP contribution in [0.3, 0.4) is 0 Å². The Hall–Kier alpha value is -3.42. The number of rotatable bonds is 5. The van der Waals surface area contributed by atoms with E-state index >= 15 is 0 Å². The number of carbonyl (C=O) groups is 1. The molecule has 3 aromatic rings. The topological polar surface area (TPSA) is 76.4 Å². The predicted molar refractivity (Wildman–Crippen MR) is 110 cm³/mol. The maximum absolute atomic E-state index is 13.0. The first-order chi connectivity index (χ1) is 14.0. The monoisotopic (exact) mass is 392 g/mol. The molecule has 1 aliphatic heterocycles. The molecular weight excluding hydrogens is 368 g/mol. The van der Waals surface area contributed by atoms with Gasteiger partial charge in [-0.05, 0) is 12.1 Å². The molecular formula is C21H24N6O2. The summed E-state index contributed by atoms with van der Waals surface area (Å²) < 4.78 is 7.57. The van der Waals surface area contributed by atoms with Crippen LogP contribution in [0.1, 0.15) is 16.9 Å². The average Bonchev–Trinajstić information content (AvgIpc) is 3.35. The maximum atomic E-state index is 13.0.